The van der Waals surface area contributed by atoms with E-state index in [1.807, 2.05) is 13.8 Å². The molecule has 0 N–H and O–H groups in total. The zero-order valence-electron chi connectivity index (χ0n) is 16.8. The number of rotatable bonds is 6. The summed E-state index contributed by atoms with van der Waals surface area (Å²) in [5.41, 5.74) is -5.18. The van der Waals surface area contributed by atoms with Crippen molar-refractivity contribution in [3.8, 4) is 5.75 Å². The number of benzene rings is 2. The van der Waals surface area contributed by atoms with Crippen molar-refractivity contribution in [3.05, 3.63) is 58.7 Å². The van der Waals surface area contributed by atoms with Crippen LogP contribution in [-0.2, 0) is 12.4 Å². The Labute approximate surface area is 184 Å². The fourth-order valence-electron chi connectivity index (χ4n) is 2.62. The number of aryl methyl sites for hydroxylation is 1. The van der Waals surface area contributed by atoms with Crippen LogP contribution < -0.4 is 10.0 Å². The number of halogens is 6. The molecule has 0 heterocycles. The van der Waals surface area contributed by atoms with E-state index in [-0.39, 0.29) is 25.0 Å². The van der Waals surface area contributed by atoms with Gasteiger partial charge in [0.2, 0.25) is 0 Å². The summed E-state index contributed by atoms with van der Waals surface area (Å²) in [6, 6.07) is 6.29. The summed E-state index contributed by atoms with van der Waals surface area (Å²) in [7, 11) is -0.896. The molecule has 0 aliphatic rings. The minimum absolute atomic E-state index is 0. The first-order valence-corrected chi connectivity index (χ1v) is 9.70. The van der Waals surface area contributed by atoms with Crippen LogP contribution in [0, 0.1) is 6.92 Å². The molecule has 2 nitrogen and oxygen atoms in total. The summed E-state index contributed by atoms with van der Waals surface area (Å²) < 4.78 is 85.3. The van der Waals surface area contributed by atoms with Gasteiger partial charge in [0.05, 0.1) is 17.2 Å². The summed E-state index contributed by atoms with van der Waals surface area (Å²) in [6.07, 6.45) is -9.47. The van der Waals surface area contributed by atoms with E-state index in [0.29, 0.717) is 34.8 Å². The summed E-state index contributed by atoms with van der Waals surface area (Å²) >= 11 is 0. The van der Waals surface area contributed by atoms with Crippen LogP contribution in [0.5, 0.6) is 5.75 Å². The predicted octanol–water partition coefficient (Wildman–Crippen LogP) is 5.97. The minimum atomic E-state index is -5.08. The topological polar surface area (TPSA) is 26.3 Å². The van der Waals surface area contributed by atoms with E-state index in [2.05, 4.69) is 0 Å². The van der Waals surface area contributed by atoms with Gasteiger partial charge in [-0.2, -0.15) is 26.3 Å². The summed E-state index contributed by atoms with van der Waals surface area (Å²) in [5, 5.41) is 0.358. The fourth-order valence-corrected chi connectivity index (χ4v) is 3.69. The monoisotopic (exact) mass is 443 g/mol. The Hall–Kier alpha value is -1.48. The van der Waals surface area contributed by atoms with Crippen molar-refractivity contribution in [1.82, 2.24) is 0 Å². The Balaban J connectivity index is 0.00000450. The molecule has 0 spiro atoms. The third kappa shape index (κ3) is 6.51. The number of hydrogen-bond donors (Lipinski definition) is 0. The van der Waals surface area contributed by atoms with Crippen molar-refractivity contribution in [2.75, 3.05) is 0 Å². The van der Waals surface area contributed by atoms with E-state index in [0.717, 1.165) is 6.42 Å². The molecule has 0 amide bonds. The molecule has 2 unspecified atom stereocenters. The van der Waals surface area contributed by atoms with Crippen LogP contribution in [-0.4, -0.2) is 30.5 Å². The van der Waals surface area contributed by atoms with Gasteiger partial charge in [-0.05, 0) is 64.0 Å². The third-order valence-corrected chi connectivity index (χ3v) is 5.57. The van der Waals surface area contributed by atoms with Gasteiger partial charge in [-0.3, -0.25) is 4.79 Å². The second-order valence-electron chi connectivity index (χ2n) is 6.49. The molecule has 1 radical (unpaired) electrons. The van der Waals surface area contributed by atoms with Gasteiger partial charge >= 0.3 is 12.4 Å². The second-order valence-corrected chi connectivity index (χ2v) is 7.73. The Kier molecular flexibility index (Phi) is 9.04. The van der Waals surface area contributed by atoms with E-state index in [4.69, 9.17) is 4.74 Å². The van der Waals surface area contributed by atoms with Crippen molar-refractivity contribution < 1.29 is 35.9 Å². The van der Waals surface area contributed by atoms with E-state index < -0.39 is 43.1 Å². The van der Waals surface area contributed by atoms with Gasteiger partial charge in [0.1, 0.15) is 5.75 Å². The molecule has 2 aromatic carbocycles. The number of hydrogen-bond acceptors (Lipinski definition) is 2. The van der Waals surface area contributed by atoms with Crippen LogP contribution in [0.1, 0.15) is 47.3 Å². The zero-order valence-corrected chi connectivity index (χ0v) is 17.8. The average molecular weight is 443 g/mol. The molecular formula is C20H19F6LiO2P. The number of carbonyl (C=O) groups excluding carboxylic acids is 1. The smallest absolute Gasteiger partial charge is 0.417 e. The quantitative estimate of drug-likeness (QED) is 0.312. The van der Waals surface area contributed by atoms with Crippen molar-refractivity contribution in [2.24, 2.45) is 0 Å². The molecule has 10 heteroatoms. The fraction of sp³-hybridized carbons (Fsp3) is 0.350. The van der Waals surface area contributed by atoms with Crippen molar-refractivity contribution in [1.29, 1.82) is 0 Å². The van der Waals surface area contributed by atoms with Gasteiger partial charge in [0.25, 0.3) is 0 Å². The van der Waals surface area contributed by atoms with Crippen molar-refractivity contribution in [3.63, 3.8) is 0 Å². The predicted molar refractivity (Wildman–Crippen MR) is 106 cm³/mol. The maximum atomic E-state index is 13.3. The molecule has 0 aromatic heterocycles. The maximum Gasteiger partial charge on any atom is 0.417 e. The van der Waals surface area contributed by atoms with Gasteiger partial charge < -0.3 is 4.74 Å². The van der Waals surface area contributed by atoms with Gasteiger partial charge in [0, 0.05) is 24.4 Å². The van der Waals surface area contributed by atoms with E-state index in [1.165, 1.54) is 6.07 Å². The van der Waals surface area contributed by atoms with Crippen LogP contribution in [0.2, 0.25) is 0 Å². The first-order chi connectivity index (χ1) is 13.3. The molecule has 0 saturated heterocycles. The second kappa shape index (κ2) is 10.2. The van der Waals surface area contributed by atoms with E-state index in [1.54, 1.807) is 19.1 Å². The zero-order chi connectivity index (χ0) is 22.0. The molecule has 0 aliphatic carbocycles. The van der Waals surface area contributed by atoms with Crippen LogP contribution in [0.25, 0.3) is 0 Å². The number of carbonyl (C=O) groups is 1. The first kappa shape index (κ1) is 26.6. The van der Waals surface area contributed by atoms with Crippen LogP contribution in [0.3, 0.4) is 0 Å². The molecule has 30 heavy (non-hydrogen) atoms. The van der Waals surface area contributed by atoms with E-state index in [9.17, 15) is 31.1 Å². The van der Waals surface area contributed by atoms with E-state index >= 15 is 0 Å². The van der Waals surface area contributed by atoms with Crippen LogP contribution in [0.15, 0.2) is 36.4 Å². The normalized spacial score (nSPS) is 13.2. The summed E-state index contributed by atoms with van der Waals surface area (Å²) in [5.74, 6) is 0.518. The van der Waals surface area contributed by atoms with Gasteiger partial charge in [-0.25, -0.2) is 0 Å². The van der Waals surface area contributed by atoms with Crippen molar-refractivity contribution in [2.45, 2.75) is 45.6 Å². The molecule has 0 aliphatic heterocycles. The number of alkyl halides is 6. The Morgan fingerprint density at radius 3 is 2.00 bits per heavy atom. The van der Waals surface area contributed by atoms with Crippen LogP contribution in [0.4, 0.5) is 26.3 Å². The average Bonchev–Trinajstić information content (AvgIpc) is 2.61. The molecule has 0 fully saturated rings. The first-order valence-electron chi connectivity index (χ1n) is 8.70. The standard InChI is InChI=1S/C20H19F6O2P.Li/c1-4-12(3)28-13-8-9-16(11(2)10-13)29-18(27)17-14(19(21,22)23)6-5-7-15(17)20(24,25)26;/h5-10,12,29H,4H2,1-3H3;. The van der Waals surface area contributed by atoms with Gasteiger partial charge in [-0.1, -0.05) is 19.1 Å². The minimum Gasteiger partial charge on any atom is -0.491 e. The molecule has 0 bridgehead atoms. The molecule has 2 rings (SSSR count). The maximum absolute atomic E-state index is 13.3. The Morgan fingerprint density at radius 2 is 1.57 bits per heavy atom. The number of ether oxygens (including phenoxy) is 1. The molecular weight excluding hydrogens is 424 g/mol. The van der Waals surface area contributed by atoms with Crippen molar-refractivity contribution >= 4 is 38.3 Å². The summed E-state index contributed by atoms with van der Waals surface area (Å²) in [6.45, 7) is 5.42. The Bertz CT molecular complexity index is 864. The Morgan fingerprint density at radius 1 is 1.03 bits per heavy atom. The molecule has 159 valence electrons. The molecule has 2 atom stereocenters. The molecule has 0 saturated carbocycles. The third-order valence-electron chi connectivity index (χ3n) is 4.26. The largest absolute Gasteiger partial charge is 0.491 e. The summed E-state index contributed by atoms with van der Waals surface area (Å²) in [4.78, 5) is 12.6. The van der Waals surface area contributed by atoms with Gasteiger partial charge in [0.15, 0.2) is 5.52 Å². The SMILES string of the molecule is CCC(C)Oc1ccc(PC(=O)c2c(C(F)(F)F)cccc2C(F)(F)F)c(C)c1.[Li]. The molecule has 2 aromatic rings. The van der Waals surface area contributed by atoms with Gasteiger partial charge in [-0.15, -0.1) is 0 Å². The van der Waals surface area contributed by atoms with Crippen LogP contribution >= 0.6 is 8.58 Å².